The Morgan fingerprint density at radius 1 is 1.47 bits per heavy atom. The number of anilines is 1. The summed E-state index contributed by atoms with van der Waals surface area (Å²) in [5.74, 6) is 0.0607. The van der Waals surface area contributed by atoms with Crippen LogP contribution in [0.1, 0.15) is 11.1 Å². The molecule has 4 heteroatoms. The van der Waals surface area contributed by atoms with Gasteiger partial charge in [-0.2, -0.15) is 0 Å². The number of amides is 1. The number of thiazole rings is 1. The van der Waals surface area contributed by atoms with Gasteiger partial charge in [0.25, 0.3) is 0 Å². The van der Waals surface area contributed by atoms with Gasteiger partial charge in [0, 0.05) is 18.6 Å². The highest BCUT2D eigenvalue weighted by molar-refractivity contribution is 7.13. The third kappa shape index (κ3) is 2.91. The van der Waals surface area contributed by atoms with Crippen molar-refractivity contribution < 1.29 is 4.79 Å². The summed E-state index contributed by atoms with van der Waals surface area (Å²) < 4.78 is 0. The van der Waals surface area contributed by atoms with Crippen molar-refractivity contribution in [2.45, 2.75) is 13.3 Å². The zero-order valence-electron chi connectivity index (χ0n) is 9.88. The van der Waals surface area contributed by atoms with Crippen molar-refractivity contribution in [3.63, 3.8) is 0 Å². The molecule has 0 N–H and O–H groups in total. The molecule has 1 amide bonds. The molecule has 1 aromatic heterocycles. The number of aryl methyl sites for hydroxylation is 1. The Hall–Kier alpha value is -1.68. The number of nitrogens with zero attached hydrogens (tertiary/aromatic N) is 2. The molecule has 0 aliphatic rings. The van der Waals surface area contributed by atoms with E-state index in [9.17, 15) is 4.79 Å². The minimum Gasteiger partial charge on any atom is -0.291 e. The number of benzene rings is 1. The van der Waals surface area contributed by atoms with Gasteiger partial charge in [-0.3, -0.25) is 9.69 Å². The molecule has 0 spiro atoms. The van der Waals surface area contributed by atoms with E-state index in [4.69, 9.17) is 0 Å². The number of rotatable bonds is 3. The molecule has 1 aromatic carbocycles. The van der Waals surface area contributed by atoms with Gasteiger partial charge in [0.05, 0.1) is 6.42 Å². The van der Waals surface area contributed by atoms with Gasteiger partial charge in [-0.05, 0) is 12.5 Å². The molecule has 0 saturated carbocycles. The van der Waals surface area contributed by atoms with E-state index in [-0.39, 0.29) is 5.91 Å². The molecule has 1 heterocycles. The van der Waals surface area contributed by atoms with E-state index in [1.165, 1.54) is 16.9 Å². The molecule has 0 bridgehead atoms. The molecule has 0 atom stereocenters. The lowest BCUT2D eigenvalue weighted by atomic mass is 10.1. The van der Waals surface area contributed by atoms with Crippen LogP contribution in [-0.2, 0) is 11.2 Å². The highest BCUT2D eigenvalue weighted by Gasteiger charge is 2.13. The predicted octanol–water partition coefficient (Wildman–Crippen LogP) is 2.66. The fraction of sp³-hybridized carbons (Fsp3) is 0.231. The zero-order chi connectivity index (χ0) is 12.3. The van der Waals surface area contributed by atoms with Gasteiger partial charge >= 0.3 is 0 Å². The summed E-state index contributed by atoms with van der Waals surface area (Å²) in [5.41, 5.74) is 2.21. The molecule has 0 radical (unpaired) electrons. The van der Waals surface area contributed by atoms with E-state index in [2.05, 4.69) is 4.98 Å². The highest BCUT2D eigenvalue weighted by Crippen LogP contribution is 2.16. The maximum atomic E-state index is 12.0. The molecule has 0 unspecified atom stereocenters. The van der Waals surface area contributed by atoms with Crippen molar-refractivity contribution in [1.29, 1.82) is 0 Å². The Balaban J connectivity index is 2.07. The monoisotopic (exact) mass is 246 g/mol. The second kappa shape index (κ2) is 5.10. The fourth-order valence-corrected chi connectivity index (χ4v) is 2.23. The number of hydrogen-bond donors (Lipinski definition) is 0. The number of aromatic nitrogens is 1. The van der Waals surface area contributed by atoms with Gasteiger partial charge in [0.15, 0.2) is 5.13 Å². The van der Waals surface area contributed by atoms with Crippen molar-refractivity contribution in [1.82, 2.24) is 4.98 Å². The molecule has 17 heavy (non-hydrogen) atoms. The second-order valence-corrected chi connectivity index (χ2v) is 4.81. The molecular formula is C13H14N2OS. The number of likely N-dealkylation sites (N-methyl/N-ethyl adjacent to an activating group) is 1. The van der Waals surface area contributed by atoms with Crippen LogP contribution in [0, 0.1) is 6.92 Å². The molecule has 0 saturated heterocycles. The Bertz CT molecular complexity index is 508. The Morgan fingerprint density at radius 2 is 2.29 bits per heavy atom. The molecule has 2 aromatic rings. The van der Waals surface area contributed by atoms with Crippen LogP contribution in [0.4, 0.5) is 5.13 Å². The minimum absolute atomic E-state index is 0.0607. The standard InChI is InChI=1S/C13H14N2OS/c1-10-4-3-5-11(8-10)9-12(16)15(2)13-14-6-7-17-13/h3-8H,9H2,1-2H3. The largest absolute Gasteiger partial charge is 0.291 e. The molecule has 0 fully saturated rings. The first-order valence-electron chi connectivity index (χ1n) is 5.38. The summed E-state index contributed by atoms with van der Waals surface area (Å²) in [6.07, 6.45) is 2.12. The zero-order valence-corrected chi connectivity index (χ0v) is 10.7. The summed E-state index contributed by atoms with van der Waals surface area (Å²) in [6, 6.07) is 8.01. The van der Waals surface area contributed by atoms with E-state index < -0.39 is 0 Å². The Labute approximate surface area is 105 Å². The number of carbonyl (C=O) groups is 1. The number of hydrogen-bond acceptors (Lipinski definition) is 3. The first kappa shape index (κ1) is 11.8. The molecule has 0 aliphatic heterocycles. The molecule has 2 rings (SSSR count). The number of carbonyl (C=O) groups excluding carboxylic acids is 1. The molecule has 88 valence electrons. The topological polar surface area (TPSA) is 33.2 Å². The van der Waals surface area contributed by atoms with E-state index in [0.717, 1.165) is 10.7 Å². The second-order valence-electron chi connectivity index (χ2n) is 3.93. The SMILES string of the molecule is Cc1cccc(CC(=O)N(C)c2nccs2)c1. The van der Waals surface area contributed by atoms with Crippen molar-refractivity contribution in [3.05, 3.63) is 47.0 Å². The van der Waals surface area contributed by atoms with Crippen LogP contribution < -0.4 is 4.90 Å². The summed E-state index contributed by atoms with van der Waals surface area (Å²) >= 11 is 1.47. The van der Waals surface area contributed by atoms with Gasteiger partial charge in [0.2, 0.25) is 5.91 Å². The van der Waals surface area contributed by atoms with Crippen molar-refractivity contribution >= 4 is 22.4 Å². The first-order chi connectivity index (χ1) is 8.16. The Kier molecular flexibility index (Phi) is 3.54. The lowest BCUT2D eigenvalue weighted by molar-refractivity contribution is -0.117. The maximum absolute atomic E-state index is 12.0. The quantitative estimate of drug-likeness (QED) is 0.834. The highest BCUT2D eigenvalue weighted by atomic mass is 32.1. The fourth-order valence-electron chi connectivity index (χ4n) is 1.60. The van der Waals surface area contributed by atoms with Gasteiger partial charge < -0.3 is 0 Å². The molecular weight excluding hydrogens is 232 g/mol. The third-order valence-corrected chi connectivity index (χ3v) is 3.37. The van der Waals surface area contributed by atoms with Crippen molar-refractivity contribution in [2.24, 2.45) is 0 Å². The van der Waals surface area contributed by atoms with Crippen LogP contribution in [0.15, 0.2) is 35.8 Å². The van der Waals surface area contributed by atoms with E-state index in [0.29, 0.717) is 6.42 Å². The van der Waals surface area contributed by atoms with Crippen molar-refractivity contribution in [2.75, 3.05) is 11.9 Å². The van der Waals surface area contributed by atoms with Crippen LogP contribution in [-0.4, -0.2) is 17.9 Å². The van der Waals surface area contributed by atoms with Gasteiger partial charge in [-0.25, -0.2) is 4.98 Å². The van der Waals surface area contributed by atoms with Crippen LogP contribution in [0.2, 0.25) is 0 Å². The van der Waals surface area contributed by atoms with Crippen LogP contribution >= 0.6 is 11.3 Å². The normalized spacial score (nSPS) is 10.2. The predicted molar refractivity (Wildman–Crippen MR) is 70.4 cm³/mol. The first-order valence-corrected chi connectivity index (χ1v) is 6.26. The molecule has 3 nitrogen and oxygen atoms in total. The Morgan fingerprint density at radius 3 is 2.94 bits per heavy atom. The van der Waals surface area contributed by atoms with Crippen molar-refractivity contribution in [3.8, 4) is 0 Å². The lowest BCUT2D eigenvalue weighted by Gasteiger charge is -2.13. The van der Waals surface area contributed by atoms with Crippen LogP contribution in [0.5, 0.6) is 0 Å². The lowest BCUT2D eigenvalue weighted by Crippen LogP contribution is -2.27. The van der Waals surface area contributed by atoms with Gasteiger partial charge in [-0.15, -0.1) is 11.3 Å². The average molecular weight is 246 g/mol. The van der Waals surface area contributed by atoms with Gasteiger partial charge in [0.1, 0.15) is 0 Å². The summed E-state index contributed by atoms with van der Waals surface area (Å²) in [6.45, 7) is 2.03. The van der Waals surface area contributed by atoms with Crippen LogP contribution in [0.3, 0.4) is 0 Å². The molecule has 0 aliphatic carbocycles. The average Bonchev–Trinajstić information content (AvgIpc) is 2.81. The smallest absolute Gasteiger partial charge is 0.232 e. The minimum atomic E-state index is 0.0607. The van der Waals surface area contributed by atoms with E-state index in [1.54, 1.807) is 18.1 Å². The van der Waals surface area contributed by atoms with E-state index >= 15 is 0 Å². The van der Waals surface area contributed by atoms with E-state index in [1.807, 2.05) is 36.6 Å². The summed E-state index contributed by atoms with van der Waals surface area (Å²) in [4.78, 5) is 17.7. The summed E-state index contributed by atoms with van der Waals surface area (Å²) in [7, 11) is 1.76. The summed E-state index contributed by atoms with van der Waals surface area (Å²) in [5, 5.41) is 2.61. The maximum Gasteiger partial charge on any atom is 0.232 e. The van der Waals surface area contributed by atoms with Crippen LogP contribution in [0.25, 0.3) is 0 Å². The third-order valence-electron chi connectivity index (χ3n) is 2.52. The van der Waals surface area contributed by atoms with Gasteiger partial charge in [-0.1, -0.05) is 29.8 Å².